The average molecular weight is 274 g/mol. The summed E-state index contributed by atoms with van der Waals surface area (Å²) < 4.78 is 1.13. The zero-order chi connectivity index (χ0) is 10.6. The Balaban J connectivity index is 2.67. The molecule has 0 aromatic heterocycles. The van der Waals surface area contributed by atoms with Crippen LogP contribution >= 0.6 is 27.7 Å². The molecule has 1 nitrogen and oxygen atoms in total. The van der Waals surface area contributed by atoms with Gasteiger partial charge in [-0.05, 0) is 24.1 Å². The zero-order valence-corrected chi connectivity index (χ0v) is 10.9. The van der Waals surface area contributed by atoms with E-state index in [2.05, 4.69) is 48.0 Å². The van der Waals surface area contributed by atoms with Gasteiger partial charge in [-0.1, -0.05) is 35.8 Å². The molecular formula is C11H16BrNS. The lowest BCUT2D eigenvalue weighted by Gasteiger charge is -2.18. The molecule has 0 aliphatic carbocycles. The largest absolute Gasteiger partial charge is 0.329 e. The van der Waals surface area contributed by atoms with Crippen molar-refractivity contribution < 1.29 is 0 Å². The van der Waals surface area contributed by atoms with Crippen LogP contribution in [0.4, 0.5) is 0 Å². The number of hydrogen-bond donors (Lipinski definition) is 1. The van der Waals surface area contributed by atoms with Crippen LogP contribution in [0.5, 0.6) is 0 Å². The summed E-state index contributed by atoms with van der Waals surface area (Å²) in [6.45, 7) is 5.15. The van der Waals surface area contributed by atoms with Crippen molar-refractivity contribution in [3.8, 4) is 0 Å². The highest BCUT2D eigenvalue weighted by molar-refractivity contribution is 9.10. The summed E-state index contributed by atoms with van der Waals surface area (Å²) in [6.07, 6.45) is 0. The summed E-state index contributed by atoms with van der Waals surface area (Å²) in [5.41, 5.74) is 5.73. The van der Waals surface area contributed by atoms with Gasteiger partial charge in [-0.15, -0.1) is 11.8 Å². The predicted molar refractivity (Wildman–Crippen MR) is 67.7 cm³/mol. The molecule has 2 N–H and O–H groups in total. The van der Waals surface area contributed by atoms with Crippen LogP contribution in [0.2, 0.25) is 0 Å². The Morgan fingerprint density at radius 1 is 1.43 bits per heavy atom. The minimum Gasteiger partial charge on any atom is -0.329 e. The molecule has 0 saturated heterocycles. The molecule has 0 spiro atoms. The second kappa shape index (κ2) is 5.79. The maximum atomic E-state index is 5.73. The van der Waals surface area contributed by atoms with E-state index in [1.165, 1.54) is 4.90 Å². The van der Waals surface area contributed by atoms with Crippen molar-refractivity contribution in [2.24, 2.45) is 11.7 Å². The molecule has 0 aliphatic heterocycles. The fourth-order valence-electron chi connectivity index (χ4n) is 1.17. The van der Waals surface area contributed by atoms with Gasteiger partial charge >= 0.3 is 0 Å². The molecule has 0 saturated carbocycles. The van der Waals surface area contributed by atoms with Gasteiger partial charge in [0.05, 0.1) is 0 Å². The maximum Gasteiger partial charge on any atom is 0.0240 e. The molecule has 0 heterocycles. The lowest BCUT2D eigenvalue weighted by atomic mass is 10.1. The van der Waals surface area contributed by atoms with Gasteiger partial charge in [0.15, 0.2) is 0 Å². The van der Waals surface area contributed by atoms with Crippen molar-refractivity contribution in [1.29, 1.82) is 0 Å². The maximum absolute atomic E-state index is 5.73. The van der Waals surface area contributed by atoms with E-state index in [0.29, 0.717) is 11.2 Å². The standard InChI is InChI=1S/C11H16BrNS/c1-8(2)11(7-13)14-10-5-3-4-9(12)6-10/h3-6,8,11H,7,13H2,1-2H3. The molecule has 0 aliphatic rings. The van der Waals surface area contributed by atoms with Crippen LogP contribution < -0.4 is 5.73 Å². The van der Waals surface area contributed by atoms with E-state index in [-0.39, 0.29) is 0 Å². The number of thioether (sulfide) groups is 1. The molecule has 1 rings (SSSR count). The molecule has 14 heavy (non-hydrogen) atoms. The van der Waals surface area contributed by atoms with Crippen LogP contribution in [0.1, 0.15) is 13.8 Å². The number of halogens is 1. The first-order valence-electron chi connectivity index (χ1n) is 4.75. The topological polar surface area (TPSA) is 26.0 Å². The van der Waals surface area contributed by atoms with E-state index >= 15 is 0 Å². The molecule has 0 fully saturated rings. The monoisotopic (exact) mass is 273 g/mol. The van der Waals surface area contributed by atoms with Gasteiger partial charge in [0.1, 0.15) is 0 Å². The van der Waals surface area contributed by atoms with Crippen molar-refractivity contribution >= 4 is 27.7 Å². The Morgan fingerprint density at radius 2 is 2.14 bits per heavy atom. The molecule has 1 unspecified atom stereocenters. The molecule has 0 radical (unpaired) electrons. The number of benzene rings is 1. The molecule has 0 bridgehead atoms. The van der Waals surface area contributed by atoms with E-state index < -0.39 is 0 Å². The Hall–Kier alpha value is 0.01000. The minimum atomic E-state index is 0.504. The number of nitrogens with two attached hydrogens (primary N) is 1. The summed E-state index contributed by atoms with van der Waals surface area (Å²) >= 11 is 5.32. The van der Waals surface area contributed by atoms with Crippen LogP contribution in [-0.2, 0) is 0 Å². The third-order valence-electron chi connectivity index (χ3n) is 2.06. The van der Waals surface area contributed by atoms with E-state index in [4.69, 9.17) is 5.73 Å². The highest BCUT2D eigenvalue weighted by atomic mass is 79.9. The molecule has 1 aromatic carbocycles. The average Bonchev–Trinajstić information content (AvgIpc) is 2.14. The quantitative estimate of drug-likeness (QED) is 0.850. The van der Waals surface area contributed by atoms with Crippen molar-refractivity contribution in [2.45, 2.75) is 24.0 Å². The van der Waals surface area contributed by atoms with Gasteiger partial charge in [-0.2, -0.15) is 0 Å². The SMILES string of the molecule is CC(C)C(CN)Sc1cccc(Br)c1. The summed E-state index contributed by atoms with van der Waals surface area (Å²) in [5, 5.41) is 0.504. The number of rotatable bonds is 4. The van der Waals surface area contributed by atoms with Crippen molar-refractivity contribution in [1.82, 2.24) is 0 Å². The van der Waals surface area contributed by atoms with Crippen molar-refractivity contribution in [2.75, 3.05) is 6.54 Å². The molecule has 1 aromatic rings. The smallest absolute Gasteiger partial charge is 0.0240 e. The molecule has 3 heteroatoms. The van der Waals surface area contributed by atoms with Crippen LogP contribution in [0.15, 0.2) is 33.6 Å². The molecule has 1 atom stereocenters. The lowest BCUT2D eigenvalue weighted by molar-refractivity contribution is 0.613. The number of hydrogen-bond acceptors (Lipinski definition) is 2. The van der Waals surface area contributed by atoms with Gasteiger partial charge in [0, 0.05) is 21.2 Å². The second-order valence-corrected chi connectivity index (χ2v) is 5.82. The van der Waals surface area contributed by atoms with Crippen LogP contribution in [0.3, 0.4) is 0 Å². The summed E-state index contributed by atoms with van der Waals surface area (Å²) in [6, 6.07) is 8.35. The Labute approximate surface area is 98.6 Å². The minimum absolute atomic E-state index is 0.504. The highest BCUT2D eigenvalue weighted by Crippen LogP contribution is 2.29. The predicted octanol–water partition coefficient (Wildman–Crippen LogP) is 3.52. The zero-order valence-electron chi connectivity index (χ0n) is 8.53. The van der Waals surface area contributed by atoms with E-state index in [1.807, 2.05) is 17.8 Å². The Kier molecular flexibility index (Phi) is 4.99. The highest BCUT2D eigenvalue weighted by Gasteiger charge is 2.12. The van der Waals surface area contributed by atoms with E-state index in [9.17, 15) is 0 Å². The Morgan fingerprint density at radius 3 is 2.64 bits per heavy atom. The normalized spacial score (nSPS) is 13.2. The van der Waals surface area contributed by atoms with Crippen LogP contribution in [0, 0.1) is 5.92 Å². The molecule has 78 valence electrons. The third-order valence-corrected chi connectivity index (χ3v) is 4.12. The fourth-order valence-corrected chi connectivity index (χ4v) is 2.79. The first-order valence-corrected chi connectivity index (χ1v) is 6.43. The van der Waals surface area contributed by atoms with Gasteiger partial charge in [0.2, 0.25) is 0 Å². The summed E-state index contributed by atoms with van der Waals surface area (Å²) in [4.78, 5) is 1.28. The fraction of sp³-hybridized carbons (Fsp3) is 0.455. The first kappa shape index (κ1) is 12.1. The molecular weight excluding hydrogens is 258 g/mol. The molecule has 0 amide bonds. The van der Waals surface area contributed by atoms with Crippen molar-refractivity contribution in [3.05, 3.63) is 28.7 Å². The summed E-state index contributed by atoms with van der Waals surface area (Å²) in [5.74, 6) is 0.615. The van der Waals surface area contributed by atoms with Crippen molar-refractivity contribution in [3.63, 3.8) is 0 Å². The van der Waals surface area contributed by atoms with Gasteiger partial charge < -0.3 is 5.73 Å². The van der Waals surface area contributed by atoms with Gasteiger partial charge in [0.25, 0.3) is 0 Å². The Bertz CT molecular complexity index is 288. The second-order valence-electron chi connectivity index (χ2n) is 3.59. The summed E-state index contributed by atoms with van der Waals surface area (Å²) in [7, 11) is 0. The first-order chi connectivity index (χ1) is 6.63. The third kappa shape index (κ3) is 3.64. The van der Waals surface area contributed by atoms with Crippen LogP contribution in [0.25, 0.3) is 0 Å². The van der Waals surface area contributed by atoms with Gasteiger partial charge in [-0.3, -0.25) is 0 Å². The van der Waals surface area contributed by atoms with Crippen LogP contribution in [-0.4, -0.2) is 11.8 Å². The van der Waals surface area contributed by atoms with E-state index in [0.717, 1.165) is 11.0 Å². The van der Waals surface area contributed by atoms with Gasteiger partial charge in [-0.25, -0.2) is 0 Å². The van der Waals surface area contributed by atoms with E-state index in [1.54, 1.807) is 0 Å². The lowest BCUT2D eigenvalue weighted by Crippen LogP contribution is -2.22.